The van der Waals surface area contributed by atoms with Gasteiger partial charge < -0.3 is 15.8 Å². The first-order valence-electron chi connectivity index (χ1n) is 6.44. The highest BCUT2D eigenvalue weighted by Gasteiger charge is 2.08. The molecule has 1 atom stereocenters. The molecule has 0 saturated carbocycles. The standard InChI is InChI=1S/C15H24N2O/c1-3-4-5-9-17-15(11-16)14-8-6-7-13(10-14)12-18-2/h3-4,6-8,10,15,17H,5,9,11-12,16H2,1-2H3/b4-3+. The normalized spacial score (nSPS) is 13.1. The topological polar surface area (TPSA) is 47.3 Å². The fraction of sp³-hybridized carbons (Fsp3) is 0.467. The van der Waals surface area contributed by atoms with Gasteiger partial charge in [0.05, 0.1) is 6.61 Å². The van der Waals surface area contributed by atoms with E-state index >= 15 is 0 Å². The number of nitrogens with one attached hydrogen (secondary N) is 1. The van der Waals surface area contributed by atoms with Crippen LogP contribution in [0.1, 0.15) is 30.5 Å². The van der Waals surface area contributed by atoms with Gasteiger partial charge >= 0.3 is 0 Å². The van der Waals surface area contributed by atoms with Crippen LogP contribution in [-0.4, -0.2) is 20.2 Å². The van der Waals surface area contributed by atoms with Crippen LogP contribution in [0, 0.1) is 0 Å². The number of allylic oxidation sites excluding steroid dienone is 1. The Balaban J connectivity index is 2.60. The maximum Gasteiger partial charge on any atom is 0.0713 e. The lowest BCUT2D eigenvalue weighted by Crippen LogP contribution is -2.28. The van der Waals surface area contributed by atoms with Crippen LogP contribution in [0.15, 0.2) is 36.4 Å². The Morgan fingerprint density at radius 3 is 2.94 bits per heavy atom. The van der Waals surface area contributed by atoms with Crippen molar-refractivity contribution in [3.8, 4) is 0 Å². The van der Waals surface area contributed by atoms with Gasteiger partial charge in [-0.2, -0.15) is 0 Å². The van der Waals surface area contributed by atoms with Crippen molar-refractivity contribution >= 4 is 0 Å². The number of hydrogen-bond donors (Lipinski definition) is 2. The van der Waals surface area contributed by atoms with E-state index < -0.39 is 0 Å². The summed E-state index contributed by atoms with van der Waals surface area (Å²) in [5.74, 6) is 0. The Morgan fingerprint density at radius 1 is 1.44 bits per heavy atom. The van der Waals surface area contributed by atoms with Gasteiger partial charge in [0, 0.05) is 19.7 Å². The zero-order valence-electron chi connectivity index (χ0n) is 11.4. The second-order valence-corrected chi connectivity index (χ2v) is 4.28. The largest absolute Gasteiger partial charge is 0.380 e. The average Bonchev–Trinajstić information content (AvgIpc) is 2.40. The summed E-state index contributed by atoms with van der Waals surface area (Å²) >= 11 is 0. The van der Waals surface area contributed by atoms with E-state index in [2.05, 4.69) is 41.7 Å². The van der Waals surface area contributed by atoms with E-state index in [9.17, 15) is 0 Å². The molecule has 18 heavy (non-hydrogen) atoms. The molecule has 0 fully saturated rings. The lowest BCUT2D eigenvalue weighted by Gasteiger charge is -2.17. The number of ether oxygens (including phenoxy) is 1. The molecule has 0 spiro atoms. The highest BCUT2D eigenvalue weighted by Crippen LogP contribution is 2.14. The molecule has 0 radical (unpaired) electrons. The summed E-state index contributed by atoms with van der Waals surface area (Å²) in [6.45, 7) is 4.23. The first kappa shape index (κ1) is 14.9. The summed E-state index contributed by atoms with van der Waals surface area (Å²) in [4.78, 5) is 0. The molecule has 0 amide bonds. The first-order valence-corrected chi connectivity index (χ1v) is 6.44. The third-order valence-corrected chi connectivity index (χ3v) is 2.84. The number of rotatable bonds is 8. The molecule has 1 unspecified atom stereocenters. The summed E-state index contributed by atoms with van der Waals surface area (Å²) < 4.78 is 5.15. The van der Waals surface area contributed by atoms with Crippen molar-refractivity contribution in [1.82, 2.24) is 5.32 Å². The molecule has 3 heteroatoms. The molecule has 0 aliphatic carbocycles. The smallest absolute Gasteiger partial charge is 0.0713 e. The Labute approximate surface area is 110 Å². The molecule has 100 valence electrons. The third-order valence-electron chi connectivity index (χ3n) is 2.84. The maximum atomic E-state index is 5.83. The van der Waals surface area contributed by atoms with E-state index in [4.69, 9.17) is 10.5 Å². The number of methoxy groups -OCH3 is 1. The summed E-state index contributed by atoms with van der Waals surface area (Å²) in [6, 6.07) is 8.61. The van der Waals surface area contributed by atoms with Crippen molar-refractivity contribution in [2.45, 2.75) is 26.0 Å². The van der Waals surface area contributed by atoms with E-state index in [0.29, 0.717) is 13.2 Å². The average molecular weight is 248 g/mol. The minimum Gasteiger partial charge on any atom is -0.380 e. The highest BCUT2D eigenvalue weighted by atomic mass is 16.5. The van der Waals surface area contributed by atoms with Crippen LogP contribution < -0.4 is 11.1 Å². The van der Waals surface area contributed by atoms with Crippen LogP contribution in [0.25, 0.3) is 0 Å². The van der Waals surface area contributed by atoms with Gasteiger partial charge in [0.1, 0.15) is 0 Å². The summed E-state index contributed by atoms with van der Waals surface area (Å²) in [5.41, 5.74) is 8.24. The van der Waals surface area contributed by atoms with Crippen LogP contribution in [-0.2, 0) is 11.3 Å². The fourth-order valence-corrected chi connectivity index (χ4v) is 1.91. The molecule has 0 bridgehead atoms. The molecule has 0 aliphatic heterocycles. The van der Waals surface area contributed by atoms with Crippen molar-refractivity contribution in [2.75, 3.05) is 20.2 Å². The van der Waals surface area contributed by atoms with E-state index in [1.807, 2.05) is 6.92 Å². The van der Waals surface area contributed by atoms with Crippen molar-refractivity contribution < 1.29 is 4.74 Å². The Kier molecular flexibility index (Phi) is 7.34. The van der Waals surface area contributed by atoms with Crippen molar-refractivity contribution in [1.29, 1.82) is 0 Å². The van der Waals surface area contributed by atoms with Gasteiger partial charge in [-0.1, -0.05) is 36.4 Å². The van der Waals surface area contributed by atoms with Gasteiger partial charge in [0.25, 0.3) is 0 Å². The Bertz CT molecular complexity index is 363. The van der Waals surface area contributed by atoms with Crippen molar-refractivity contribution in [3.63, 3.8) is 0 Å². The molecule has 0 heterocycles. The van der Waals surface area contributed by atoms with Crippen LogP contribution >= 0.6 is 0 Å². The van der Waals surface area contributed by atoms with Crippen LogP contribution in [0.4, 0.5) is 0 Å². The zero-order valence-corrected chi connectivity index (χ0v) is 11.4. The fourth-order valence-electron chi connectivity index (χ4n) is 1.91. The molecule has 0 aliphatic rings. The first-order chi connectivity index (χ1) is 8.81. The van der Waals surface area contributed by atoms with Crippen LogP contribution in [0.5, 0.6) is 0 Å². The minimum absolute atomic E-state index is 0.215. The predicted octanol–water partition coefficient (Wildman–Crippen LogP) is 2.39. The molecule has 1 aromatic carbocycles. The second kappa shape index (κ2) is 8.86. The Morgan fingerprint density at radius 2 is 2.28 bits per heavy atom. The van der Waals surface area contributed by atoms with E-state index in [0.717, 1.165) is 13.0 Å². The van der Waals surface area contributed by atoms with E-state index in [-0.39, 0.29) is 6.04 Å². The monoisotopic (exact) mass is 248 g/mol. The second-order valence-electron chi connectivity index (χ2n) is 4.28. The summed E-state index contributed by atoms with van der Waals surface area (Å²) in [6.07, 6.45) is 5.25. The number of hydrogen-bond acceptors (Lipinski definition) is 3. The lowest BCUT2D eigenvalue weighted by atomic mass is 10.0. The number of nitrogens with two attached hydrogens (primary N) is 1. The predicted molar refractivity (Wildman–Crippen MR) is 76.4 cm³/mol. The van der Waals surface area contributed by atoms with Crippen LogP contribution in [0.2, 0.25) is 0 Å². The highest BCUT2D eigenvalue weighted by molar-refractivity contribution is 5.26. The van der Waals surface area contributed by atoms with Gasteiger partial charge in [0.2, 0.25) is 0 Å². The minimum atomic E-state index is 0.215. The third kappa shape index (κ3) is 5.00. The maximum absolute atomic E-state index is 5.83. The number of benzene rings is 1. The SMILES string of the molecule is C/C=C/CCNC(CN)c1cccc(COC)c1. The van der Waals surface area contributed by atoms with Gasteiger partial charge in [-0.15, -0.1) is 0 Å². The van der Waals surface area contributed by atoms with Gasteiger partial charge in [0.15, 0.2) is 0 Å². The molecule has 1 rings (SSSR count). The molecule has 0 aromatic heterocycles. The van der Waals surface area contributed by atoms with E-state index in [1.165, 1.54) is 11.1 Å². The quantitative estimate of drug-likeness (QED) is 0.548. The molecule has 3 N–H and O–H groups in total. The van der Waals surface area contributed by atoms with Crippen LogP contribution in [0.3, 0.4) is 0 Å². The van der Waals surface area contributed by atoms with Gasteiger partial charge in [-0.3, -0.25) is 0 Å². The van der Waals surface area contributed by atoms with Crippen molar-refractivity contribution in [3.05, 3.63) is 47.5 Å². The Hall–Kier alpha value is -1.16. The molecule has 3 nitrogen and oxygen atoms in total. The lowest BCUT2D eigenvalue weighted by molar-refractivity contribution is 0.185. The molecule has 1 aromatic rings. The van der Waals surface area contributed by atoms with Crippen molar-refractivity contribution in [2.24, 2.45) is 5.73 Å². The van der Waals surface area contributed by atoms with E-state index in [1.54, 1.807) is 7.11 Å². The molecule has 0 saturated heterocycles. The molecular formula is C15H24N2O. The zero-order chi connectivity index (χ0) is 13.2. The van der Waals surface area contributed by atoms with Gasteiger partial charge in [-0.25, -0.2) is 0 Å². The summed E-state index contributed by atoms with van der Waals surface area (Å²) in [5, 5.41) is 3.47. The molecular weight excluding hydrogens is 224 g/mol. The summed E-state index contributed by atoms with van der Waals surface area (Å²) in [7, 11) is 1.71. The van der Waals surface area contributed by atoms with Gasteiger partial charge in [-0.05, 0) is 31.0 Å².